The summed E-state index contributed by atoms with van der Waals surface area (Å²) in [6.07, 6.45) is 6.39. The van der Waals surface area contributed by atoms with E-state index in [1.807, 2.05) is 12.1 Å². The number of benzene rings is 2. The van der Waals surface area contributed by atoms with E-state index in [-0.39, 0.29) is 5.75 Å². The maximum atomic E-state index is 14.2. The molecule has 2 nitrogen and oxygen atoms in total. The van der Waals surface area contributed by atoms with Crippen molar-refractivity contribution in [3.8, 4) is 5.75 Å². The van der Waals surface area contributed by atoms with Gasteiger partial charge in [0.25, 0.3) is 0 Å². The van der Waals surface area contributed by atoms with Gasteiger partial charge in [0, 0.05) is 0 Å². The van der Waals surface area contributed by atoms with Crippen molar-refractivity contribution in [3.05, 3.63) is 64.7 Å². The van der Waals surface area contributed by atoms with Crippen LogP contribution in [0, 0.1) is 11.6 Å². The number of carbonyl (C=O) groups excluding carboxylic acids is 1. The molecule has 0 spiro atoms. The van der Waals surface area contributed by atoms with E-state index in [2.05, 4.69) is 13.8 Å². The summed E-state index contributed by atoms with van der Waals surface area (Å²) in [4.78, 5) is 12.2. The van der Waals surface area contributed by atoms with E-state index in [1.54, 1.807) is 12.1 Å². The van der Waals surface area contributed by atoms with Crippen LogP contribution < -0.4 is 4.74 Å². The van der Waals surface area contributed by atoms with E-state index in [0.29, 0.717) is 17.5 Å². The van der Waals surface area contributed by atoms with Crippen molar-refractivity contribution in [1.82, 2.24) is 0 Å². The van der Waals surface area contributed by atoms with Crippen molar-refractivity contribution in [1.29, 1.82) is 0 Å². The van der Waals surface area contributed by atoms with Crippen LogP contribution in [0.25, 0.3) is 0 Å². The second kappa shape index (κ2) is 10.0. The van der Waals surface area contributed by atoms with Gasteiger partial charge < -0.3 is 4.74 Å². The molecule has 140 valence electrons. The zero-order chi connectivity index (χ0) is 18.9. The molecule has 4 heteroatoms. The Morgan fingerprint density at radius 1 is 0.846 bits per heavy atom. The van der Waals surface area contributed by atoms with Crippen molar-refractivity contribution in [2.45, 2.75) is 58.8 Å². The molecule has 0 aliphatic carbocycles. The predicted molar refractivity (Wildman–Crippen MR) is 99.6 cm³/mol. The highest BCUT2D eigenvalue weighted by Crippen LogP contribution is 2.25. The number of carbonyl (C=O) groups is 1. The minimum absolute atomic E-state index is 0.313. The molecule has 0 saturated heterocycles. The van der Waals surface area contributed by atoms with Crippen molar-refractivity contribution < 1.29 is 18.3 Å². The summed E-state index contributed by atoms with van der Waals surface area (Å²) >= 11 is 0. The summed E-state index contributed by atoms with van der Waals surface area (Å²) in [6, 6.07) is 9.80. The molecule has 0 atom stereocenters. The smallest absolute Gasteiger partial charge is 0.343 e. The van der Waals surface area contributed by atoms with E-state index in [0.717, 1.165) is 44.1 Å². The van der Waals surface area contributed by atoms with E-state index < -0.39 is 17.6 Å². The number of unbranched alkanes of at least 4 members (excludes halogenated alkanes) is 3. The Labute approximate surface area is 154 Å². The van der Waals surface area contributed by atoms with E-state index in [4.69, 9.17) is 4.74 Å². The Morgan fingerprint density at radius 3 is 2.23 bits per heavy atom. The van der Waals surface area contributed by atoms with E-state index in [9.17, 15) is 13.6 Å². The predicted octanol–water partition coefficient (Wildman–Crippen LogP) is 6.26. The van der Waals surface area contributed by atoms with Crippen LogP contribution in [0.2, 0.25) is 0 Å². The van der Waals surface area contributed by atoms with Crippen LogP contribution in [0.3, 0.4) is 0 Å². The van der Waals surface area contributed by atoms with Crippen molar-refractivity contribution in [2.24, 2.45) is 0 Å². The molecule has 0 saturated carbocycles. The molecule has 0 aromatic heterocycles. The first kappa shape index (κ1) is 20.1. The average Bonchev–Trinajstić information content (AvgIpc) is 2.65. The molecule has 2 aromatic carbocycles. The second-order valence-corrected chi connectivity index (χ2v) is 6.50. The Balaban J connectivity index is 2.04. The lowest BCUT2D eigenvalue weighted by Gasteiger charge is -2.09. The molecule has 0 N–H and O–H groups in total. The summed E-state index contributed by atoms with van der Waals surface area (Å²) in [5, 5.41) is 0. The number of aryl methyl sites for hydroxylation is 2. The standard InChI is InChI=1S/C22H26F2O2/c1-3-5-6-7-9-17-14-15-19(21(24)20(17)23)26-22(25)18-12-10-16(8-4-2)11-13-18/h10-15H,3-9H2,1-2H3. The molecule has 0 aliphatic rings. The van der Waals surface area contributed by atoms with Gasteiger partial charge in [0.15, 0.2) is 11.6 Å². The van der Waals surface area contributed by atoms with Crippen LogP contribution in [0.5, 0.6) is 5.75 Å². The van der Waals surface area contributed by atoms with Gasteiger partial charge in [0.2, 0.25) is 5.82 Å². The van der Waals surface area contributed by atoms with Gasteiger partial charge in [-0.05, 0) is 48.6 Å². The van der Waals surface area contributed by atoms with Crippen LogP contribution in [0.4, 0.5) is 8.78 Å². The summed E-state index contributed by atoms with van der Waals surface area (Å²) in [5.74, 6) is -3.09. The summed E-state index contributed by atoms with van der Waals surface area (Å²) in [5.41, 5.74) is 1.75. The van der Waals surface area contributed by atoms with Crippen molar-refractivity contribution in [2.75, 3.05) is 0 Å². The summed E-state index contributed by atoms with van der Waals surface area (Å²) in [6.45, 7) is 4.17. The number of hydrogen-bond acceptors (Lipinski definition) is 2. The Morgan fingerprint density at radius 2 is 1.58 bits per heavy atom. The van der Waals surface area contributed by atoms with Gasteiger partial charge in [-0.1, -0.05) is 57.7 Å². The Hall–Kier alpha value is -2.23. The number of halogens is 2. The number of ether oxygens (including phenoxy) is 1. The molecule has 0 heterocycles. The fraction of sp³-hybridized carbons (Fsp3) is 0.409. The molecule has 0 fully saturated rings. The minimum atomic E-state index is -1.10. The van der Waals surface area contributed by atoms with Crippen LogP contribution in [0.15, 0.2) is 36.4 Å². The zero-order valence-corrected chi connectivity index (χ0v) is 15.5. The highest BCUT2D eigenvalue weighted by atomic mass is 19.2. The first-order valence-corrected chi connectivity index (χ1v) is 9.34. The molecule has 0 aliphatic heterocycles. The molecule has 0 bridgehead atoms. The van der Waals surface area contributed by atoms with Crippen LogP contribution in [0.1, 0.15) is 67.4 Å². The monoisotopic (exact) mass is 360 g/mol. The van der Waals surface area contributed by atoms with Crippen LogP contribution in [-0.2, 0) is 12.8 Å². The van der Waals surface area contributed by atoms with Gasteiger partial charge in [-0.15, -0.1) is 0 Å². The summed E-state index contributed by atoms with van der Waals surface area (Å²) < 4.78 is 33.5. The summed E-state index contributed by atoms with van der Waals surface area (Å²) in [7, 11) is 0. The normalized spacial score (nSPS) is 10.8. The maximum Gasteiger partial charge on any atom is 0.343 e. The fourth-order valence-corrected chi connectivity index (χ4v) is 2.84. The third kappa shape index (κ3) is 5.38. The average molecular weight is 360 g/mol. The van der Waals surface area contributed by atoms with Gasteiger partial charge in [-0.2, -0.15) is 4.39 Å². The lowest BCUT2D eigenvalue weighted by molar-refractivity contribution is 0.0726. The molecule has 2 rings (SSSR count). The molecule has 0 unspecified atom stereocenters. The van der Waals surface area contributed by atoms with Gasteiger partial charge in [-0.25, -0.2) is 9.18 Å². The maximum absolute atomic E-state index is 14.2. The Kier molecular flexibility index (Phi) is 7.76. The number of rotatable bonds is 9. The largest absolute Gasteiger partial charge is 0.420 e. The number of hydrogen-bond donors (Lipinski definition) is 0. The second-order valence-electron chi connectivity index (χ2n) is 6.50. The van der Waals surface area contributed by atoms with Gasteiger partial charge >= 0.3 is 5.97 Å². The molecular formula is C22H26F2O2. The lowest BCUT2D eigenvalue weighted by atomic mass is 10.1. The molecular weight excluding hydrogens is 334 g/mol. The fourth-order valence-electron chi connectivity index (χ4n) is 2.84. The highest BCUT2D eigenvalue weighted by Gasteiger charge is 2.17. The SMILES string of the molecule is CCCCCCc1ccc(OC(=O)c2ccc(CCC)cc2)c(F)c1F. The van der Waals surface area contributed by atoms with E-state index in [1.165, 1.54) is 12.1 Å². The zero-order valence-electron chi connectivity index (χ0n) is 15.5. The molecule has 0 radical (unpaired) electrons. The molecule has 0 amide bonds. The highest BCUT2D eigenvalue weighted by molar-refractivity contribution is 5.91. The van der Waals surface area contributed by atoms with Crippen molar-refractivity contribution in [3.63, 3.8) is 0 Å². The first-order chi connectivity index (χ1) is 12.6. The lowest BCUT2D eigenvalue weighted by Crippen LogP contribution is -2.10. The minimum Gasteiger partial charge on any atom is -0.420 e. The third-order valence-electron chi connectivity index (χ3n) is 4.36. The molecule has 26 heavy (non-hydrogen) atoms. The first-order valence-electron chi connectivity index (χ1n) is 9.34. The van der Waals surface area contributed by atoms with Crippen molar-refractivity contribution >= 4 is 5.97 Å². The van der Waals surface area contributed by atoms with E-state index >= 15 is 0 Å². The molecule has 2 aromatic rings. The van der Waals surface area contributed by atoms with Gasteiger partial charge in [0.1, 0.15) is 0 Å². The third-order valence-corrected chi connectivity index (χ3v) is 4.36. The quantitative estimate of drug-likeness (QED) is 0.300. The van der Waals surface area contributed by atoms with Gasteiger partial charge in [-0.3, -0.25) is 0 Å². The topological polar surface area (TPSA) is 26.3 Å². The Bertz CT molecular complexity index is 724. The van der Waals surface area contributed by atoms with Gasteiger partial charge in [0.05, 0.1) is 5.56 Å². The van der Waals surface area contributed by atoms with Crippen LogP contribution in [-0.4, -0.2) is 5.97 Å². The van der Waals surface area contributed by atoms with Crippen LogP contribution >= 0.6 is 0 Å². The number of esters is 1.